The van der Waals surface area contributed by atoms with Gasteiger partial charge in [-0.2, -0.15) is 0 Å². The van der Waals surface area contributed by atoms with Gasteiger partial charge in [0.25, 0.3) is 0 Å². The third-order valence-electron chi connectivity index (χ3n) is 6.06. The Balaban J connectivity index is 2.05. The van der Waals surface area contributed by atoms with Crippen molar-refractivity contribution < 1.29 is 18.0 Å². The summed E-state index contributed by atoms with van der Waals surface area (Å²) in [4.78, 5) is 28.4. The number of halogens is 1. The molecule has 0 aromatic heterocycles. The van der Waals surface area contributed by atoms with E-state index in [1.807, 2.05) is 49.4 Å². The average molecular weight is 542 g/mol. The zero-order chi connectivity index (χ0) is 27.2. The van der Waals surface area contributed by atoms with Crippen molar-refractivity contribution in [2.24, 2.45) is 0 Å². The summed E-state index contributed by atoms with van der Waals surface area (Å²) in [6, 6.07) is 20.9. The summed E-state index contributed by atoms with van der Waals surface area (Å²) in [5, 5.41) is 3.16. The van der Waals surface area contributed by atoms with E-state index in [-0.39, 0.29) is 18.9 Å². The predicted octanol–water partition coefficient (Wildman–Crippen LogP) is 4.11. The lowest BCUT2D eigenvalue weighted by Crippen LogP contribution is -2.53. The standard InChI is InChI=1S/C28H32ClN3O4S/c1-20-13-14-25(21(2)15-20)32(37(4,35)36)19-27(33)31(18-23-11-8-12-24(29)16-23)26(28(34)30-3)17-22-9-6-5-7-10-22/h5-16,26H,17-19H2,1-4H3,(H,30,34). The molecule has 37 heavy (non-hydrogen) atoms. The number of benzene rings is 3. The molecule has 1 unspecified atom stereocenters. The van der Waals surface area contributed by atoms with Gasteiger partial charge in [-0.15, -0.1) is 0 Å². The monoisotopic (exact) mass is 541 g/mol. The van der Waals surface area contributed by atoms with Gasteiger partial charge in [-0.05, 0) is 48.7 Å². The second-order valence-corrected chi connectivity index (χ2v) is 11.4. The van der Waals surface area contributed by atoms with Crippen molar-refractivity contribution in [2.75, 3.05) is 24.2 Å². The van der Waals surface area contributed by atoms with E-state index in [2.05, 4.69) is 5.32 Å². The second kappa shape index (κ2) is 12.3. The van der Waals surface area contributed by atoms with Crippen molar-refractivity contribution in [1.82, 2.24) is 10.2 Å². The number of hydrogen-bond donors (Lipinski definition) is 1. The second-order valence-electron chi connectivity index (χ2n) is 9.03. The quantitative estimate of drug-likeness (QED) is 0.418. The largest absolute Gasteiger partial charge is 0.357 e. The Morgan fingerprint density at radius 1 is 0.946 bits per heavy atom. The topological polar surface area (TPSA) is 86.8 Å². The number of likely N-dealkylation sites (N-methyl/N-ethyl adjacent to an activating group) is 1. The van der Waals surface area contributed by atoms with Gasteiger partial charge in [0.2, 0.25) is 21.8 Å². The molecule has 0 heterocycles. The molecule has 2 amide bonds. The van der Waals surface area contributed by atoms with Crippen LogP contribution in [0.4, 0.5) is 5.69 Å². The van der Waals surface area contributed by atoms with E-state index >= 15 is 0 Å². The Bertz CT molecular complexity index is 1360. The summed E-state index contributed by atoms with van der Waals surface area (Å²) in [5.41, 5.74) is 3.72. The van der Waals surface area contributed by atoms with Gasteiger partial charge in [0.05, 0.1) is 11.9 Å². The maximum Gasteiger partial charge on any atom is 0.244 e. The number of aryl methyl sites for hydroxylation is 2. The lowest BCUT2D eigenvalue weighted by Gasteiger charge is -2.33. The first-order valence-electron chi connectivity index (χ1n) is 11.8. The normalized spacial score (nSPS) is 12.0. The van der Waals surface area contributed by atoms with E-state index in [1.165, 1.54) is 11.9 Å². The summed E-state index contributed by atoms with van der Waals surface area (Å²) < 4.78 is 26.8. The highest BCUT2D eigenvalue weighted by Gasteiger charge is 2.33. The van der Waals surface area contributed by atoms with Gasteiger partial charge in [-0.25, -0.2) is 8.42 Å². The van der Waals surface area contributed by atoms with Crippen LogP contribution in [0.15, 0.2) is 72.8 Å². The molecule has 0 saturated carbocycles. The van der Waals surface area contributed by atoms with Gasteiger partial charge >= 0.3 is 0 Å². The number of carbonyl (C=O) groups is 2. The van der Waals surface area contributed by atoms with Gasteiger partial charge in [0, 0.05) is 25.0 Å². The highest BCUT2D eigenvalue weighted by atomic mass is 35.5. The van der Waals surface area contributed by atoms with Gasteiger partial charge in [-0.1, -0.05) is 71.8 Å². The van der Waals surface area contributed by atoms with Gasteiger partial charge in [-0.3, -0.25) is 13.9 Å². The number of hydrogen-bond acceptors (Lipinski definition) is 4. The Labute approximate surface area is 224 Å². The molecule has 1 atom stereocenters. The first-order valence-corrected chi connectivity index (χ1v) is 14.1. The summed E-state index contributed by atoms with van der Waals surface area (Å²) in [7, 11) is -2.29. The number of carbonyl (C=O) groups excluding carboxylic acids is 2. The zero-order valence-electron chi connectivity index (χ0n) is 21.4. The lowest BCUT2D eigenvalue weighted by atomic mass is 10.0. The maximum atomic E-state index is 13.9. The molecular weight excluding hydrogens is 510 g/mol. The van der Waals surface area contributed by atoms with Crippen LogP contribution in [0.2, 0.25) is 5.02 Å². The maximum absolute atomic E-state index is 13.9. The number of nitrogens with one attached hydrogen (secondary N) is 1. The number of rotatable bonds is 10. The van der Waals surface area contributed by atoms with Crippen LogP contribution in [0, 0.1) is 13.8 Å². The fraction of sp³-hybridized carbons (Fsp3) is 0.286. The number of anilines is 1. The Hall–Kier alpha value is -3.36. The van der Waals surface area contributed by atoms with Crippen LogP contribution in [0.5, 0.6) is 0 Å². The van der Waals surface area contributed by atoms with Crippen molar-refractivity contribution in [3.63, 3.8) is 0 Å². The van der Waals surface area contributed by atoms with Crippen LogP contribution < -0.4 is 9.62 Å². The molecule has 0 bridgehead atoms. The minimum Gasteiger partial charge on any atom is -0.357 e. The van der Waals surface area contributed by atoms with Gasteiger partial charge in [0.1, 0.15) is 12.6 Å². The summed E-state index contributed by atoms with van der Waals surface area (Å²) in [6.45, 7) is 3.34. The molecule has 3 aromatic carbocycles. The molecule has 0 saturated heterocycles. The number of amides is 2. The van der Waals surface area contributed by atoms with E-state index in [0.717, 1.165) is 32.8 Å². The molecule has 3 aromatic rings. The smallest absolute Gasteiger partial charge is 0.244 e. The van der Waals surface area contributed by atoms with Crippen LogP contribution in [0.25, 0.3) is 0 Å². The van der Waals surface area contributed by atoms with Crippen LogP contribution in [0.3, 0.4) is 0 Å². The fourth-order valence-corrected chi connectivity index (χ4v) is 5.35. The highest BCUT2D eigenvalue weighted by Crippen LogP contribution is 2.25. The lowest BCUT2D eigenvalue weighted by molar-refractivity contribution is -0.139. The third-order valence-corrected chi connectivity index (χ3v) is 7.42. The molecule has 9 heteroatoms. The molecule has 3 rings (SSSR count). The van der Waals surface area contributed by atoms with Crippen LogP contribution in [-0.4, -0.2) is 51.0 Å². The highest BCUT2D eigenvalue weighted by molar-refractivity contribution is 7.92. The van der Waals surface area contributed by atoms with Crippen molar-refractivity contribution in [2.45, 2.75) is 32.9 Å². The van der Waals surface area contributed by atoms with Crippen LogP contribution in [0.1, 0.15) is 22.3 Å². The summed E-state index contributed by atoms with van der Waals surface area (Å²) in [5.74, 6) is -0.855. The van der Waals surface area contributed by atoms with Crippen LogP contribution in [-0.2, 0) is 32.6 Å². The van der Waals surface area contributed by atoms with E-state index in [1.54, 1.807) is 37.3 Å². The molecule has 0 aliphatic rings. The van der Waals surface area contributed by atoms with Gasteiger partial charge in [0.15, 0.2) is 0 Å². The molecule has 0 spiro atoms. The minimum atomic E-state index is -3.81. The average Bonchev–Trinajstić information content (AvgIpc) is 2.84. The molecule has 196 valence electrons. The van der Waals surface area contributed by atoms with Crippen LogP contribution >= 0.6 is 11.6 Å². The molecule has 0 fully saturated rings. The van der Waals surface area contributed by atoms with E-state index in [9.17, 15) is 18.0 Å². The molecular formula is C28H32ClN3O4S. The zero-order valence-corrected chi connectivity index (χ0v) is 23.0. The first-order chi connectivity index (χ1) is 17.5. The molecule has 0 aliphatic carbocycles. The molecule has 0 aliphatic heterocycles. The van der Waals surface area contributed by atoms with Crippen molar-refractivity contribution >= 4 is 39.1 Å². The molecule has 0 radical (unpaired) electrons. The predicted molar refractivity (Wildman–Crippen MR) is 148 cm³/mol. The van der Waals surface area contributed by atoms with E-state index in [4.69, 9.17) is 11.6 Å². The summed E-state index contributed by atoms with van der Waals surface area (Å²) >= 11 is 6.19. The first kappa shape index (κ1) is 28.2. The number of nitrogens with zero attached hydrogens (tertiary/aromatic N) is 2. The Morgan fingerprint density at radius 3 is 2.22 bits per heavy atom. The SMILES string of the molecule is CNC(=O)C(Cc1ccccc1)N(Cc1cccc(Cl)c1)C(=O)CN(c1ccc(C)cc1C)S(C)(=O)=O. The Kier molecular flexibility index (Phi) is 9.34. The number of sulfonamides is 1. The van der Waals surface area contributed by atoms with E-state index in [0.29, 0.717) is 10.7 Å². The molecule has 1 N–H and O–H groups in total. The van der Waals surface area contributed by atoms with Crippen molar-refractivity contribution in [3.05, 3.63) is 100 Å². The van der Waals surface area contributed by atoms with Crippen molar-refractivity contribution in [3.8, 4) is 0 Å². The third kappa shape index (κ3) is 7.57. The van der Waals surface area contributed by atoms with E-state index < -0.39 is 28.5 Å². The van der Waals surface area contributed by atoms with Crippen molar-refractivity contribution in [1.29, 1.82) is 0 Å². The summed E-state index contributed by atoms with van der Waals surface area (Å²) in [6.07, 6.45) is 1.33. The minimum absolute atomic E-state index is 0.0782. The van der Waals surface area contributed by atoms with Gasteiger partial charge < -0.3 is 10.2 Å². The fourth-order valence-electron chi connectivity index (χ4n) is 4.23. The molecule has 7 nitrogen and oxygen atoms in total. The Morgan fingerprint density at radius 2 is 1.62 bits per heavy atom.